The first-order valence-corrected chi connectivity index (χ1v) is 7.81. The van der Waals surface area contributed by atoms with Crippen molar-refractivity contribution in [2.75, 3.05) is 0 Å². The van der Waals surface area contributed by atoms with Gasteiger partial charge in [0.05, 0.1) is 5.56 Å². The van der Waals surface area contributed by atoms with Crippen LogP contribution in [0.5, 0.6) is 5.75 Å². The zero-order valence-corrected chi connectivity index (χ0v) is 13.5. The first kappa shape index (κ1) is 16.1. The molecular formula is C20H15ClO3. The lowest BCUT2D eigenvalue weighted by molar-refractivity contribution is 0.0697. The molecule has 0 unspecified atom stereocenters. The van der Waals surface area contributed by atoms with Crippen LogP contribution in [0.3, 0.4) is 0 Å². The van der Waals surface area contributed by atoms with Crippen molar-refractivity contribution in [3.05, 3.63) is 88.9 Å². The largest absolute Gasteiger partial charge is 0.489 e. The number of rotatable bonds is 5. The molecule has 0 saturated heterocycles. The minimum atomic E-state index is -0.980. The molecule has 0 aliphatic rings. The van der Waals surface area contributed by atoms with E-state index < -0.39 is 5.97 Å². The number of aromatic carboxylic acids is 1. The van der Waals surface area contributed by atoms with Crippen molar-refractivity contribution in [2.24, 2.45) is 0 Å². The number of carboxylic acid groups (broad SMARTS) is 1. The zero-order chi connectivity index (χ0) is 16.9. The summed E-state index contributed by atoms with van der Waals surface area (Å²) in [4.78, 5) is 11.4. The number of benzene rings is 3. The Morgan fingerprint density at radius 1 is 0.958 bits per heavy atom. The van der Waals surface area contributed by atoms with E-state index in [1.54, 1.807) is 12.1 Å². The highest BCUT2D eigenvalue weighted by atomic mass is 35.5. The average molecular weight is 339 g/mol. The smallest absolute Gasteiger partial charge is 0.336 e. The van der Waals surface area contributed by atoms with Crippen LogP contribution in [0.1, 0.15) is 15.9 Å². The lowest BCUT2D eigenvalue weighted by Gasteiger charge is -2.09. The predicted molar refractivity (Wildman–Crippen MR) is 94.6 cm³/mol. The molecule has 3 nitrogen and oxygen atoms in total. The first-order chi connectivity index (χ1) is 11.6. The maximum atomic E-state index is 11.4. The van der Waals surface area contributed by atoms with Crippen molar-refractivity contribution in [3.8, 4) is 16.9 Å². The molecule has 0 aromatic heterocycles. The van der Waals surface area contributed by atoms with E-state index >= 15 is 0 Å². The molecule has 0 amide bonds. The molecule has 0 radical (unpaired) electrons. The lowest BCUT2D eigenvalue weighted by atomic mass is 10.00. The van der Waals surface area contributed by atoms with Crippen LogP contribution in [0, 0.1) is 0 Å². The van der Waals surface area contributed by atoms with Crippen LogP contribution < -0.4 is 4.74 Å². The Labute approximate surface area is 145 Å². The fourth-order valence-electron chi connectivity index (χ4n) is 2.41. The van der Waals surface area contributed by atoms with Crippen molar-refractivity contribution in [2.45, 2.75) is 6.61 Å². The van der Waals surface area contributed by atoms with E-state index in [1.807, 2.05) is 54.6 Å². The summed E-state index contributed by atoms with van der Waals surface area (Å²) in [6, 6.07) is 22.0. The van der Waals surface area contributed by atoms with E-state index in [0.717, 1.165) is 16.9 Å². The molecule has 3 rings (SSSR count). The third-order valence-electron chi connectivity index (χ3n) is 3.63. The highest BCUT2D eigenvalue weighted by molar-refractivity contribution is 6.31. The van der Waals surface area contributed by atoms with Gasteiger partial charge in [0.1, 0.15) is 12.4 Å². The van der Waals surface area contributed by atoms with E-state index in [2.05, 4.69) is 0 Å². The fraction of sp³-hybridized carbons (Fsp3) is 0.0500. The average Bonchev–Trinajstić information content (AvgIpc) is 2.61. The van der Waals surface area contributed by atoms with E-state index in [4.69, 9.17) is 16.3 Å². The van der Waals surface area contributed by atoms with Crippen LogP contribution >= 0.6 is 11.6 Å². The summed E-state index contributed by atoms with van der Waals surface area (Å²) < 4.78 is 5.74. The van der Waals surface area contributed by atoms with Crippen LogP contribution in [0.15, 0.2) is 72.8 Å². The minimum absolute atomic E-state index is 0.220. The lowest BCUT2D eigenvalue weighted by Crippen LogP contribution is -1.99. The van der Waals surface area contributed by atoms with Crippen molar-refractivity contribution in [3.63, 3.8) is 0 Å². The normalized spacial score (nSPS) is 10.4. The molecular weight excluding hydrogens is 324 g/mol. The van der Waals surface area contributed by atoms with Crippen LogP contribution in [0.25, 0.3) is 11.1 Å². The number of hydrogen-bond donors (Lipinski definition) is 1. The van der Waals surface area contributed by atoms with E-state index in [1.165, 1.54) is 6.07 Å². The molecule has 0 aliphatic heterocycles. The Bertz CT molecular complexity index is 843. The molecule has 0 bridgehead atoms. The molecule has 0 fully saturated rings. The van der Waals surface area contributed by atoms with Crippen LogP contribution in [-0.4, -0.2) is 11.1 Å². The second-order valence-electron chi connectivity index (χ2n) is 5.29. The molecule has 3 aromatic carbocycles. The molecule has 1 N–H and O–H groups in total. The van der Waals surface area contributed by atoms with Crippen molar-refractivity contribution in [1.82, 2.24) is 0 Å². The standard InChI is InChI=1S/C20H15ClO3/c21-16-8-11-18(20(22)23)19(12-16)15-6-9-17(10-7-15)24-13-14-4-2-1-3-5-14/h1-12H,13H2,(H,22,23). The third-order valence-corrected chi connectivity index (χ3v) is 3.86. The maximum Gasteiger partial charge on any atom is 0.336 e. The summed E-state index contributed by atoms with van der Waals surface area (Å²) in [5.41, 5.74) is 2.67. The van der Waals surface area contributed by atoms with Crippen LogP contribution in [0.2, 0.25) is 5.02 Å². The Morgan fingerprint density at radius 2 is 1.67 bits per heavy atom. The maximum absolute atomic E-state index is 11.4. The zero-order valence-electron chi connectivity index (χ0n) is 12.8. The number of hydrogen-bond acceptors (Lipinski definition) is 2. The van der Waals surface area contributed by atoms with E-state index in [0.29, 0.717) is 17.2 Å². The quantitative estimate of drug-likeness (QED) is 0.688. The van der Waals surface area contributed by atoms with Gasteiger partial charge < -0.3 is 9.84 Å². The van der Waals surface area contributed by atoms with Gasteiger partial charge in [-0.05, 0) is 47.0 Å². The minimum Gasteiger partial charge on any atom is -0.489 e. The highest BCUT2D eigenvalue weighted by Crippen LogP contribution is 2.29. The molecule has 3 aromatic rings. The van der Waals surface area contributed by atoms with Crippen LogP contribution in [0.4, 0.5) is 0 Å². The molecule has 0 saturated carbocycles. The summed E-state index contributed by atoms with van der Waals surface area (Å²) in [5.74, 6) is -0.257. The number of carbonyl (C=O) groups is 1. The molecule has 120 valence electrons. The summed E-state index contributed by atoms with van der Waals surface area (Å²) in [7, 11) is 0. The Balaban J connectivity index is 1.80. The number of carboxylic acids is 1. The van der Waals surface area contributed by atoms with E-state index in [9.17, 15) is 9.90 Å². The first-order valence-electron chi connectivity index (χ1n) is 7.43. The van der Waals surface area contributed by atoms with Gasteiger partial charge in [-0.25, -0.2) is 4.79 Å². The molecule has 24 heavy (non-hydrogen) atoms. The second kappa shape index (κ2) is 7.20. The molecule has 0 spiro atoms. The van der Waals surface area contributed by atoms with Gasteiger partial charge in [-0.15, -0.1) is 0 Å². The van der Waals surface area contributed by atoms with Gasteiger partial charge in [-0.2, -0.15) is 0 Å². The van der Waals surface area contributed by atoms with Gasteiger partial charge in [0.2, 0.25) is 0 Å². The Hall–Kier alpha value is -2.78. The van der Waals surface area contributed by atoms with Gasteiger partial charge in [-0.1, -0.05) is 54.1 Å². The number of ether oxygens (including phenoxy) is 1. The van der Waals surface area contributed by atoms with Crippen molar-refractivity contribution in [1.29, 1.82) is 0 Å². The summed E-state index contributed by atoms with van der Waals surface area (Å²) in [5, 5.41) is 9.81. The third kappa shape index (κ3) is 3.76. The monoisotopic (exact) mass is 338 g/mol. The summed E-state index contributed by atoms with van der Waals surface area (Å²) >= 11 is 6.00. The predicted octanol–water partition coefficient (Wildman–Crippen LogP) is 5.28. The van der Waals surface area contributed by atoms with Crippen LogP contribution in [-0.2, 0) is 6.61 Å². The topological polar surface area (TPSA) is 46.5 Å². The molecule has 0 atom stereocenters. The Morgan fingerprint density at radius 3 is 2.33 bits per heavy atom. The van der Waals surface area contributed by atoms with Crippen molar-refractivity contribution < 1.29 is 14.6 Å². The fourth-order valence-corrected chi connectivity index (χ4v) is 2.59. The Kier molecular flexibility index (Phi) is 4.82. The molecule has 0 heterocycles. The molecule has 4 heteroatoms. The number of halogens is 1. The van der Waals surface area contributed by atoms with Gasteiger partial charge in [0, 0.05) is 5.02 Å². The SMILES string of the molecule is O=C(O)c1ccc(Cl)cc1-c1ccc(OCc2ccccc2)cc1. The van der Waals surface area contributed by atoms with Gasteiger partial charge in [0.15, 0.2) is 0 Å². The second-order valence-corrected chi connectivity index (χ2v) is 5.73. The molecule has 0 aliphatic carbocycles. The van der Waals surface area contributed by atoms with E-state index in [-0.39, 0.29) is 5.56 Å². The summed E-state index contributed by atoms with van der Waals surface area (Å²) in [6.45, 7) is 0.484. The highest BCUT2D eigenvalue weighted by Gasteiger charge is 2.12. The summed E-state index contributed by atoms with van der Waals surface area (Å²) in [6.07, 6.45) is 0. The van der Waals surface area contributed by atoms with Gasteiger partial charge in [0.25, 0.3) is 0 Å². The van der Waals surface area contributed by atoms with Gasteiger partial charge in [-0.3, -0.25) is 0 Å². The van der Waals surface area contributed by atoms with Crippen molar-refractivity contribution >= 4 is 17.6 Å². The van der Waals surface area contributed by atoms with Gasteiger partial charge >= 0.3 is 5.97 Å².